The van der Waals surface area contributed by atoms with Crippen LogP contribution in [0, 0.1) is 0 Å². The van der Waals surface area contributed by atoms with Crippen molar-refractivity contribution in [3.8, 4) is 0 Å². The molecule has 0 aliphatic carbocycles. The lowest BCUT2D eigenvalue weighted by Gasteiger charge is -2.25. The van der Waals surface area contributed by atoms with Crippen molar-refractivity contribution in [3.63, 3.8) is 0 Å². The number of anilines is 3. The molecule has 164 valence electrons. The minimum absolute atomic E-state index is 0.0869. The van der Waals surface area contributed by atoms with Gasteiger partial charge in [0.05, 0.1) is 5.56 Å². The molecule has 2 aromatic carbocycles. The van der Waals surface area contributed by atoms with Crippen LogP contribution >= 0.6 is 11.3 Å². The first-order valence-corrected chi connectivity index (χ1v) is 12.2. The summed E-state index contributed by atoms with van der Waals surface area (Å²) in [5.41, 5.74) is 3.71. The van der Waals surface area contributed by atoms with Gasteiger partial charge < -0.3 is 10.2 Å². The summed E-state index contributed by atoms with van der Waals surface area (Å²) in [7, 11) is 0. The lowest BCUT2D eigenvalue weighted by atomic mass is 9.99. The number of nitrogens with zero attached hydrogens (tertiary/aromatic N) is 2. The molecule has 2 aliphatic heterocycles. The number of hydrogen-bond acceptors (Lipinski definition) is 5. The molecule has 0 bridgehead atoms. The van der Waals surface area contributed by atoms with Gasteiger partial charge in [0.1, 0.15) is 10.0 Å². The molecule has 3 aromatic rings. The Bertz CT molecular complexity index is 1120. The van der Waals surface area contributed by atoms with Gasteiger partial charge in [-0.3, -0.25) is 9.69 Å². The highest BCUT2D eigenvalue weighted by Crippen LogP contribution is 2.46. The van der Waals surface area contributed by atoms with Crippen molar-refractivity contribution in [2.24, 2.45) is 0 Å². The topological polar surface area (TPSA) is 35.6 Å². The van der Waals surface area contributed by atoms with Gasteiger partial charge >= 0.3 is 0 Å². The van der Waals surface area contributed by atoms with Crippen LogP contribution < -0.4 is 10.2 Å². The Kier molecular flexibility index (Phi) is 5.85. The molecule has 0 radical (unpaired) electrons. The van der Waals surface area contributed by atoms with Gasteiger partial charge in [0.15, 0.2) is 5.78 Å². The van der Waals surface area contributed by atoms with Crippen molar-refractivity contribution in [1.82, 2.24) is 4.90 Å². The van der Waals surface area contributed by atoms with E-state index in [9.17, 15) is 4.79 Å². The second-order valence-corrected chi connectivity index (χ2v) is 9.79. The third-order valence-corrected chi connectivity index (χ3v) is 7.52. The van der Waals surface area contributed by atoms with Crippen molar-refractivity contribution in [2.45, 2.75) is 32.4 Å². The fraction of sp³-hybridized carbons (Fsp3) is 0.296. The lowest BCUT2D eigenvalue weighted by Crippen LogP contribution is -2.31. The predicted octanol–water partition coefficient (Wildman–Crippen LogP) is 6.04. The van der Waals surface area contributed by atoms with E-state index in [-0.39, 0.29) is 5.78 Å². The van der Waals surface area contributed by atoms with Crippen LogP contribution in [0.4, 0.5) is 15.7 Å². The maximum absolute atomic E-state index is 13.7. The quantitative estimate of drug-likeness (QED) is 0.471. The number of thiophene rings is 1. The normalized spacial score (nSPS) is 18.2. The smallest absolute Gasteiger partial charge is 0.196 e. The van der Waals surface area contributed by atoms with E-state index in [4.69, 9.17) is 0 Å². The lowest BCUT2D eigenvalue weighted by molar-refractivity contribution is 0.103. The van der Waals surface area contributed by atoms with Crippen LogP contribution in [0.3, 0.4) is 0 Å². The Labute approximate surface area is 194 Å². The molecule has 1 atom stereocenters. The second-order valence-electron chi connectivity index (χ2n) is 8.79. The molecule has 2 aliphatic rings. The first-order chi connectivity index (χ1) is 15.6. The number of carbonyl (C=O) groups is 1. The summed E-state index contributed by atoms with van der Waals surface area (Å²) < 4.78 is 0. The third-order valence-electron chi connectivity index (χ3n) is 6.36. The molecule has 0 saturated carbocycles. The molecule has 4 nitrogen and oxygen atoms in total. The molecule has 0 amide bonds. The Hall–Kier alpha value is -2.89. The fourth-order valence-corrected chi connectivity index (χ4v) is 5.89. The minimum Gasteiger partial charge on any atom is -0.372 e. The van der Waals surface area contributed by atoms with Gasteiger partial charge in [0.2, 0.25) is 0 Å². The van der Waals surface area contributed by atoms with Crippen molar-refractivity contribution >= 4 is 38.9 Å². The second kappa shape index (κ2) is 8.93. The number of nitrogens with one attached hydrogen (secondary N) is 1. The van der Waals surface area contributed by atoms with Crippen LogP contribution in [0.25, 0.3) is 6.08 Å². The third kappa shape index (κ3) is 3.98. The predicted molar refractivity (Wildman–Crippen MR) is 135 cm³/mol. The SMILES string of the molecule is CC(C)N1CC[C@H](Nc2sc3c(c2C(=O)c2ccccc2)C=CCN3c2ccccc2)C1. The van der Waals surface area contributed by atoms with E-state index in [1.165, 1.54) is 0 Å². The van der Waals surface area contributed by atoms with Crippen LogP contribution in [0.15, 0.2) is 66.7 Å². The highest BCUT2D eigenvalue weighted by atomic mass is 32.1. The Morgan fingerprint density at radius 1 is 1.06 bits per heavy atom. The molecule has 3 heterocycles. The molecule has 1 saturated heterocycles. The molecule has 0 unspecified atom stereocenters. The van der Waals surface area contributed by atoms with E-state index >= 15 is 0 Å². The fourth-order valence-electron chi connectivity index (χ4n) is 4.60. The minimum atomic E-state index is 0.0869. The average Bonchev–Trinajstić information content (AvgIpc) is 3.44. The standard InChI is InChI=1S/C27H29N3OS/c1-19(2)29-17-15-21(18-29)28-26-24(25(31)20-10-5-3-6-11-20)23-14-9-16-30(27(23)32-26)22-12-7-4-8-13-22/h3-14,19,21,28H,15-18H2,1-2H3/t21-/m0/s1. The highest BCUT2D eigenvalue weighted by molar-refractivity contribution is 7.21. The zero-order valence-electron chi connectivity index (χ0n) is 18.6. The van der Waals surface area contributed by atoms with Gasteiger partial charge in [-0.05, 0) is 32.4 Å². The summed E-state index contributed by atoms with van der Waals surface area (Å²) in [5, 5.41) is 5.90. The van der Waals surface area contributed by atoms with Gasteiger partial charge in [-0.15, -0.1) is 0 Å². The molecular formula is C27H29N3OS. The summed E-state index contributed by atoms with van der Waals surface area (Å²) in [5.74, 6) is 0.0869. The summed E-state index contributed by atoms with van der Waals surface area (Å²) in [6.07, 6.45) is 5.38. The maximum atomic E-state index is 13.7. The number of rotatable bonds is 6. The first kappa shape index (κ1) is 21.0. The van der Waals surface area contributed by atoms with E-state index in [1.54, 1.807) is 11.3 Å². The Balaban J connectivity index is 1.55. The Morgan fingerprint density at radius 2 is 1.78 bits per heavy atom. The van der Waals surface area contributed by atoms with Crippen LogP contribution in [0.5, 0.6) is 0 Å². The van der Waals surface area contributed by atoms with Crippen LogP contribution in [-0.2, 0) is 0 Å². The zero-order valence-corrected chi connectivity index (χ0v) is 19.4. The number of benzene rings is 2. The number of ketones is 1. The van der Waals surface area contributed by atoms with Crippen molar-refractivity contribution in [2.75, 3.05) is 29.9 Å². The summed E-state index contributed by atoms with van der Waals surface area (Å²) >= 11 is 1.71. The van der Waals surface area contributed by atoms with Crippen molar-refractivity contribution in [3.05, 3.63) is 83.4 Å². The molecule has 32 heavy (non-hydrogen) atoms. The highest BCUT2D eigenvalue weighted by Gasteiger charge is 2.31. The van der Waals surface area contributed by atoms with E-state index < -0.39 is 0 Å². The van der Waals surface area contributed by atoms with Crippen LogP contribution in [0.2, 0.25) is 0 Å². The first-order valence-electron chi connectivity index (χ1n) is 11.4. The summed E-state index contributed by atoms with van der Waals surface area (Å²) in [6.45, 7) is 7.41. The summed E-state index contributed by atoms with van der Waals surface area (Å²) in [6, 6.07) is 21.0. The number of para-hydroxylation sites is 1. The van der Waals surface area contributed by atoms with Crippen LogP contribution in [-0.4, -0.2) is 42.4 Å². The number of likely N-dealkylation sites (tertiary alicyclic amines) is 1. The van der Waals surface area contributed by atoms with E-state index in [1.807, 2.05) is 36.4 Å². The van der Waals surface area contributed by atoms with Crippen molar-refractivity contribution in [1.29, 1.82) is 0 Å². The van der Waals surface area contributed by atoms with E-state index in [0.717, 1.165) is 58.4 Å². The average molecular weight is 444 g/mol. The molecular weight excluding hydrogens is 414 g/mol. The maximum Gasteiger partial charge on any atom is 0.196 e. The van der Waals surface area contributed by atoms with Crippen LogP contribution in [0.1, 0.15) is 41.8 Å². The molecule has 0 spiro atoms. The molecule has 1 aromatic heterocycles. The monoisotopic (exact) mass is 443 g/mol. The van der Waals surface area contributed by atoms with Gasteiger partial charge in [-0.1, -0.05) is 72.0 Å². The van der Waals surface area contributed by atoms with Crippen molar-refractivity contribution < 1.29 is 4.79 Å². The molecule has 5 heteroatoms. The Morgan fingerprint density at radius 3 is 2.47 bits per heavy atom. The number of carbonyl (C=O) groups excluding carboxylic acids is 1. The molecule has 1 fully saturated rings. The molecule has 1 N–H and O–H groups in total. The van der Waals surface area contributed by atoms with Gasteiger partial charge in [-0.25, -0.2) is 0 Å². The van der Waals surface area contributed by atoms with Gasteiger partial charge in [0.25, 0.3) is 0 Å². The van der Waals surface area contributed by atoms with E-state index in [0.29, 0.717) is 12.1 Å². The zero-order chi connectivity index (χ0) is 22.1. The largest absolute Gasteiger partial charge is 0.372 e. The number of fused-ring (bicyclic) bond motifs is 1. The van der Waals surface area contributed by atoms with E-state index in [2.05, 4.69) is 65.4 Å². The molecule has 5 rings (SSSR count). The van der Waals surface area contributed by atoms with Gasteiger partial charge in [-0.2, -0.15) is 0 Å². The number of hydrogen-bond donors (Lipinski definition) is 1. The summed E-state index contributed by atoms with van der Waals surface area (Å²) in [4.78, 5) is 18.5. The van der Waals surface area contributed by atoms with Gasteiger partial charge in [0, 0.05) is 48.5 Å².